The summed E-state index contributed by atoms with van der Waals surface area (Å²) in [6, 6.07) is 5.95. The average Bonchev–Trinajstić information content (AvgIpc) is 3.32. The summed E-state index contributed by atoms with van der Waals surface area (Å²) in [7, 11) is 4.94. The van der Waals surface area contributed by atoms with E-state index in [0.717, 1.165) is 23.8 Å². The van der Waals surface area contributed by atoms with Crippen LogP contribution in [0.25, 0.3) is 17.0 Å². The van der Waals surface area contributed by atoms with Crippen molar-refractivity contribution in [1.29, 1.82) is 0 Å². The first-order valence-corrected chi connectivity index (χ1v) is 9.18. The summed E-state index contributed by atoms with van der Waals surface area (Å²) >= 11 is 0. The number of rotatable bonds is 4. The highest BCUT2D eigenvalue weighted by molar-refractivity contribution is 6.00. The zero-order chi connectivity index (χ0) is 19.8. The van der Waals surface area contributed by atoms with Gasteiger partial charge in [-0.3, -0.25) is 18.7 Å². The van der Waals surface area contributed by atoms with E-state index < -0.39 is 0 Å². The number of hydrogen-bond donors (Lipinski definition) is 0. The molecule has 1 aliphatic heterocycles. The molecule has 0 radical (unpaired) electrons. The Morgan fingerprint density at radius 2 is 2.18 bits per heavy atom. The highest BCUT2D eigenvalue weighted by Gasteiger charge is 2.25. The molecule has 1 saturated heterocycles. The number of fused-ring (bicyclic) bond motifs is 1. The molecule has 9 heteroatoms. The maximum Gasteiger partial charge on any atom is 0.280 e. The van der Waals surface area contributed by atoms with Gasteiger partial charge in [0.2, 0.25) is 0 Å². The lowest BCUT2D eigenvalue weighted by atomic mass is 10.2. The van der Waals surface area contributed by atoms with E-state index in [2.05, 4.69) is 16.9 Å². The molecule has 28 heavy (non-hydrogen) atoms. The topological polar surface area (TPSA) is 77.1 Å². The van der Waals surface area contributed by atoms with Gasteiger partial charge in [-0.05, 0) is 19.1 Å². The predicted molar refractivity (Wildman–Crippen MR) is 104 cm³/mol. The quantitative estimate of drug-likeness (QED) is 0.636. The van der Waals surface area contributed by atoms with Gasteiger partial charge >= 0.3 is 0 Å². The van der Waals surface area contributed by atoms with E-state index in [1.54, 1.807) is 19.3 Å². The second-order valence-corrected chi connectivity index (χ2v) is 6.87. The molecule has 1 unspecified atom stereocenters. The van der Waals surface area contributed by atoms with Crippen LogP contribution in [0, 0.1) is 0 Å². The average molecular weight is 384 g/mol. The molecule has 0 aromatic carbocycles. The van der Waals surface area contributed by atoms with Gasteiger partial charge in [-0.1, -0.05) is 0 Å². The summed E-state index contributed by atoms with van der Waals surface area (Å²) < 4.78 is 9.30. The second kappa shape index (κ2) is 7.25. The van der Waals surface area contributed by atoms with Crippen molar-refractivity contribution >= 4 is 17.4 Å². The number of aryl methyl sites for hydroxylation is 1. The first-order valence-electron chi connectivity index (χ1n) is 9.18. The van der Waals surface area contributed by atoms with Gasteiger partial charge in [0.1, 0.15) is 5.82 Å². The summed E-state index contributed by atoms with van der Waals surface area (Å²) in [5.41, 5.74) is 2.92. The molecular formula is C19H24N6O3. The third-order valence-electron chi connectivity index (χ3n) is 5.14. The number of morpholine rings is 1. The lowest BCUT2D eigenvalue weighted by molar-refractivity contribution is -0.0755. The molecule has 4 heterocycles. The summed E-state index contributed by atoms with van der Waals surface area (Å²) in [6.45, 7) is 4.15. The molecule has 0 aliphatic carbocycles. The van der Waals surface area contributed by atoms with Crippen LogP contribution < -0.4 is 4.90 Å². The van der Waals surface area contributed by atoms with Crippen molar-refractivity contribution in [1.82, 2.24) is 24.2 Å². The molecule has 4 rings (SSSR count). The number of hydroxylamine groups is 2. The largest absolute Gasteiger partial charge is 0.377 e. The van der Waals surface area contributed by atoms with Gasteiger partial charge in [-0.2, -0.15) is 5.10 Å². The summed E-state index contributed by atoms with van der Waals surface area (Å²) in [6.07, 6.45) is 3.61. The van der Waals surface area contributed by atoms with Crippen molar-refractivity contribution in [2.45, 2.75) is 13.0 Å². The molecule has 3 aromatic heterocycles. The summed E-state index contributed by atoms with van der Waals surface area (Å²) in [5, 5.41) is 5.49. The second-order valence-electron chi connectivity index (χ2n) is 6.87. The fourth-order valence-electron chi connectivity index (χ4n) is 3.52. The number of carbonyl (C=O) groups excluding carboxylic acids is 1. The molecule has 9 nitrogen and oxygen atoms in total. The van der Waals surface area contributed by atoms with Gasteiger partial charge in [0.25, 0.3) is 5.91 Å². The molecule has 0 spiro atoms. The van der Waals surface area contributed by atoms with Crippen molar-refractivity contribution in [3.05, 3.63) is 36.2 Å². The number of carbonyl (C=O) groups is 1. The Morgan fingerprint density at radius 1 is 1.36 bits per heavy atom. The lowest BCUT2D eigenvalue weighted by Crippen LogP contribution is -2.44. The van der Waals surface area contributed by atoms with Crippen LogP contribution in [0.3, 0.4) is 0 Å². The number of amides is 1. The van der Waals surface area contributed by atoms with Crippen LogP contribution in [0.1, 0.15) is 17.3 Å². The van der Waals surface area contributed by atoms with Crippen LogP contribution in [0.5, 0.6) is 0 Å². The van der Waals surface area contributed by atoms with Crippen LogP contribution >= 0.6 is 0 Å². The minimum absolute atomic E-state index is 0.193. The van der Waals surface area contributed by atoms with Gasteiger partial charge in [0.05, 0.1) is 43.3 Å². The molecule has 0 bridgehead atoms. The van der Waals surface area contributed by atoms with Gasteiger partial charge in [-0.25, -0.2) is 10.0 Å². The van der Waals surface area contributed by atoms with E-state index in [-0.39, 0.29) is 11.9 Å². The maximum atomic E-state index is 12.8. The van der Waals surface area contributed by atoms with E-state index in [1.807, 2.05) is 34.5 Å². The molecule has 1 aliphatic rings. The predicted octanol–water partition coefficient (Wildman–Crippen LogP) is 1.59. The number of aromatic nitrogens is 4. The highest BCUT2D eigenvalue weighted by Crippen LogP contribution is 2.28. The third kappa shape index (κ3) is 3.02. The van der Waals surface area contributed by atoms with Crippen molar-refractivity contribution in [3.8, 4) is 11.4 Å². The van der Waals surface area contributed by atoms with Crippen LogP contribution in [0.2, 0.25) is 0 Å². The molecule has 1 fully saturated rings. The Labute approximate surface area is 163 Å². The summed E-state index contributed by atoms with van der Waals surface area (Å²) in [4.78, 5) is 24.9. The molecule has 3 aromatic rings. The van der Waals surface area contributed by atoms with E-state index in [9.17, 15) is 4.79 Å². The van der Waals surface area contributed by atoms with Crippen molar-refractivity contribution in [2.24, 2.45) is 7.05 Å². The Balaban J connectivity index is 1.93. The van der Waals surface area contributed by atoms with Crippen LogP contribution in [0.15, 0.2) is 30.6 Å². The van der Waals surface area contributed by atoms with Crippen molar-refractivity contribution in [2.75, 3.05) is 38.8 Å². The van der Waals surface area contributed by atoms with Crippen LogP contribution in [-0.4, -0.2) is 70.1 Å². The molecule has 0 N–H and O–H groups in total. The number of hydrogen-bond acceptors (Lipinski definition) is 6. The minimum atomic E-state index is -0.249. The lowest BCUT2D eigenvalue weighted by Gasteiger charge is -2.34. The summed E-state index contributed by atoms with van der Waals surface area (Å²) in [5.74, 6) is 0.563. The van der Waals surface area contributed by atoms with Crippen molar-refractivity contribution < 1.29 is 14.4 Å². The highest BCUT2D eigenvalue weighted by atomic mass is 16.7. The van der Waals surface area contributed by atoms with Gasteiger partial charge in [-0.15, -0.1) is 0 Å². The Morgan fingerprint density at radius 3 is 2.86 bits per heavy atom. The number of nitrogens with zero attached hydrogens (tertiary/aromatic N) is 6. The number of ether oxygens (including phenoxy) is 1. The normalized spacial score (nSPS) is 17.3. The Hall–Kier alpha value is -2.91. The molecule has 1 atom stereocenters. The zero-order valence-electron chi connectivity index (χ0n) is 16.5. The standard InChI is InChI=1S/C19H24N6O3/c1-13-12-28-10-9-24(13)17-11-16(15-5-7-20-22(15)2)25-8-6-14(18(25)21-17)19(26)23(3)27-4/h5-8,11,13H,9-10,12H2,1-4H3. The van der Waals surface area contributed by atoms with E-state index in [0.29, 0.717) is 24.4 Å². The van der Waals surface area contributed by atoms with Crippen LogP contribution in [0.4, 0.5) is 5.82 Å². The number of anilines is 1. The SMILES string of the molecule is CON(C)C(=O)c1ccn2c(-c3ccnn3C)cc(N3CCOCC3C)nc12. The monoisotopic (exact) mass is 384 g/mol. The Bertz CT molecular complexity index is 1010. The minimum Gasteiger partial charge on any atom is -0.377 e. The molecule has 1 amide bonds. The third-order valence-corrected chi connectivity index (χ3v) is 5.14. The van der Waals surface area contributed by atoms with Gasteiger partial charge in [0, 0.05) is 39.1 Å². The van der Waals surface area contributed by atoms with Gasteiger partial charge < -0.3 is 9.64 Å². The molecule has 0 saturated carbocycles. The van der Waals surface area contributed by atoms with Gasteiger partial charge in [0.15, 0.2) is 5.65 Å². The molecular weight excluding hydrogens is 360 g/mol. The van der Waals surface area contributed by atoms with E-state index in [1.165, 1.54) is 12.2 Å². The molecule has 148 valence electrons. The maximum absolute atomic E-state index is 12.8. The first kappa shape index (κ1) is 18.5. The Kier molecular flexibility index (Phi) is 4.78. The van der Waals surface area contributed by atoms with Crippen LogP contribution in [-0.2, 0) is 16.6 Å². The van der Waals surface area contributed by atoms with E-state index >= 15 is 0 Å². The van der Waals surface area contributed by atoms with Crippen molar-refractivity contribution in [3.63, 3.8) is 0 Å². The first-order chi connectivity index (χ1) is 13.5. The smallest absolute Gasteiger partial charge is 0.280 e. The fraction of sp³-hybridized carbons (Fsp3) is 0.421. The van der Waals surface area contributed by atoms with E-state index in [4.69, 9.17) is 14.6 Å². The zero-order valence-corrected chi connectivity index (χ0v) is 16.5. The fourth-order valence-corrected chi connectivity index (χ4v) is 3.52.